The average molecular weight is 319 g/mol. The van der Waals surface area contributed by atoms with Crippen LogP contribution in [0.5, 0.6) is 0 Å². The van der Waals surface area contributed by atoms with E-state index in [2.05, 4.69) is 39.1 Å². The third-order valence-corrected chi connectivity index (χ3v) is 3.31. The normalized spacial score (nSPS) is 10.8. The van der Waals surface area contributed by atoms with Crippen LogP contribution >= 0.6 is 0 Å². The van der Waals surface area contributed by atoms with E-state index >= 15 is 0 Å². The van der Waals surface area contributed by atoms with Gasteiger partial charge in [-0.05, 0) is 6.07 Å². The zero-order chi connectivity index (χ0) is 16.8. The Kier molecular flexibility index (Phi) is 5.51. The summed E-state index contributed by atoms with van der Waals surface area (Å²) >= 11 is 0. The second-order valence-corrected chi connectivity index (χ2v) is 5.43. The van der Waals surface area contributed by atoms with Crippen molar-refractivity contribution in [3.05, 3.63) is 35.7 Å². The molecule has 0 atom stereocenters. The molecule has 0 saturated heterocycles. The maximum atomic E-state index is 11.9. The maximum Gasteiger partial charge on any atom is 0.307 e. The second kappa shape index (κ2) is 7.57. The van der Waals surface area contributed by atoms with Crippen LogP contribution in [-0.4, -0.2) is 45.3 Å². The van der Waals surface area contributed by atoms with E-state index in [1.165, 1.54) is 7.11 Å². The fourth-order valence-electron chi connectivity index (χ4n) is 2.17. The zero-order valence-electron chi connectivity index (χ0n) is 13.5. The summed E-state index contributed by atoms with van der Waals surface area (Å²) in [5, 5.41) is 9.48. The lowest BCUT2D eigenvalue weighted by molar-refractivity contribution is -0.140. The summed E-state index contributed by atoms with van der Waals surface area (Å²) in [4.78, 5) is 27.3. The summed E-state index contributed by atoms with van der Waals surface area (Å²) in [6.45, 7) is 4.93. The van der Waals surface area contributed by atoms with Crippen LogP contribution < -0.4 is 5.32 Å². The van der Waals surface area contributed by atoms with Crippen molar-refractivity contribution in [1.29, 1.82) is 0 Å². The molecule has 8 heteroatoms. The first-order valence-electron chi connectivity index (χ1n) is 7.41. The Morgan fingerprint density at radius 3 is 2.91 bits per heavy atom. The van der Waals surface area contributed by atoms with Crippen molar-refractivity contribution < 1.29 is 14.3 Å². The largest absolute Gasteiger partial charge is 0.469 e. The molecule has 2 aromatic heterocycles. The van der Waals surface area contributed by atoms with Gasteiger partial charge in [0.15, 0.2) is 0 Å². The molecule has 23 heavy (non-hydrogen) atoms. The van der Waals surface area contributed by atoms with Gasteiger partial charge in [-0.15, -0.1) is 0 Å². The predicted octanol–water partition coefficient (Wildman–Crippen LogP) is 1.07. The molecule has 8 nitrogen and oxygen atoms in total. The van der Waals surface area contributed by atoms with Gasteiger partial charge in [0, 0.05) is 24.9 Å². The SMILES string of the molecule is COC(=O)CCNC(=O)c1cc(Cn2ccnc2C(C)C)[nH]n1. The van der Waals surface area contributed by atoms with E-state index in [1.807, 2.05) is 10.8 Å². The van der Waals surface area contributed by atoms with Crippen LogP contribution in [0.3, 0.4) is 0 Å². The Morgan fingerprint density at radius 2 is 2.22 bits per heavy atom. The van der Waals surface area contributed by atoms with Crippen LogP contribution in [-0.2, 0) is 16.1 Å². The summed E-state index contributed by atoms with van der Waals surface area (Å²) < 4.78 is 6.52. The number of aromatic amines is 1. The van der Waals surface area contributed by atoms with Crippen molar-refractivity contribution >= 4 is 11.9 Å². The van der Waals surface area contributed by atoms with Crippen LogP contribution in [0.2, 0.25) is 0 Å². The first-order valence-corrected chi connectivity index (χ1v) is 7.41. The Labute approximate surface area is 134 Å². The molecule has 0 saturated carbocycles. The number of methoxy groups -OCH3 is 1. The highest BCUT2D eigenvalue weighted by molar-refractivity contribution is 5.92. The monoisotopic (exact) mass is 319 g/mol. The predicted molar refractivity (Wildman–Crippen MR) is 83.0 cm³/mol. The summed E-state index contributed by atoms with van der Waals surface area (Å²) in [5.41, 5.74) is 1.10. The second-order valence-electron chi connectivity index (χ2n) is 5.43. The highest BCUT2D eigenvalue weighted by Crippen LogP contribution is 2.13. The number of hydrogen-bond donors (Lipinski definition) is 2. The van der Waals surface area contributed by atoms with E-state index in [1.54, 1.807) is 12.3 Å². The molecule has 2 N–H and O–H groups in total. The first kappa shape index (κ1) is 16.7. The third-order valence-electron chi connectivity index (χ3n) is 3.31. The van der Waals surface area contributed by atoms with Gasteiger partial charge in [0.05, 0.1) is 25.8 Å². The highest BCUT2D eigenvalue weighted by Gasteiger charge is 2.13. The van der Waals surface area contributed by atoms with E-state index in [4.69, 9.17) is 0 Å². The smallest absolute Gasteiger partial charge is 0.307 e. The standard InChI is InChI=1S/C15H21N5O3/c1-10(2)14-16-6-7-20(14)9-11-8-12(19-18-11)15(22)17-5-4-13(21)23-3/h6-8,10H,4-5,9H2,1-3H3,(H,17,22)(H,18,19). The van der Waals surface area contributed by atoms with E-state index in [-0.39, 0.29) is 30.5 Å². The molecule has 0 bridgehead atoms. The molecule has 0 spiro atoms. The number of esters is 1. The molecule has 0 aliphatic rings. The molecule has 124 valence electrons. The Hall–Kier alpha value is -2.64. The van der Waals surface area contributed by atoms with Crippen molar-refractivity contribution in [1.82, 2.24) is 25.1 Å². The Morgan fingerprint density at radius 1 is 1.43 bits per heavy atom. The number of amides is 1. The minimum atomic E-state index is -0.366. The summed E-state index contributed by atoms with van der Waals surface area (Å²) in [6, 6.07) is 1.69. The molecule has 0 fully saturated rings. The Bertz CT molecular complexity index is 674. The molecule has 0 aromatic carbocycles. The molecule has 2 heterocycles. The van der Waals surface area contributed by atoms with E-state index in [9.17, 15) is 9.59 Å². The number of hydrogen-bond acceptors (Lipinski definition) is 5. The quantitative estimate of drug-likeness (QED) is 0.743. The molecular formula is C15H21N5O3. The van der Waals surface area contributed by atoms with Crippen LogP contribution in [0.25, 0.3) is 0 Å². The Balaban J connectivity index is 1.93. The van der Waals surface area contributed by atoms with Crippen LogP contribution in [0, 0.1) is 0 Å². The molecule has 0 radical (unpaired) electrons. The van der Waals surface area contributed by atoms with Crippen LogP contribution in [0.15, 0.2) is 18.5 Å². The number of H-pyrrole nitrogens is 1. The number of nitrogens with zero attached hydrogens (tertiary/aromatic N) is 3. The summed E-state index contributed by atoms with van der Waals surface area (Å²) in [5.74, 6) is 0.596. The van der Waals surface area contributed by atoms with Crippen LogP contribution in [0.4, 0.5) is 0 Å². The van der Waals surface area contributed by atoms with Gasteiger partial charge >= 0.3 is 5.97 Å². The molecule has 0 aliphatic heterocycles. The number of nitrogens with one attached hydrogen (secondary N) is 2. The van der Waals surface area contributed by atoms with E-state index in [0.717, 1.165) is 11.5 Å². The van der Waals surface area contributed by atoms with Crippen molar-refractivity contribution in [3.63, 3.8) is 0 Å². The zero-order valence-corrected chi connectivity index (χ0v) is 13.5. The van der Waals surface area contributed by atoms with Crippen molar-refractivity contribution in [3.8, 4) is 0 Å². The van der Waals surface area contributed by atoms with Crippen LogP contribution in [0.1, 0.15) is 48.2 Å². The molecular weight excluding hydrogens is 298 g/mol. The maximum absolute atomic E-state index is 11.9. The molecule has 2 rings (SSSR count). The molecule has 2 aromatic rings. The number of imidazole rings is 1. The van der Waals surface area contributed by atoms with Gasteiger partial charge in [0.25, 0.3) is 5.91 Å². The van der Waals surface area contributed by atoms with E-state index in [0.29, 0.717) is 12.5 Å². The summed E-state index contributed by atoms with van der Waals surface area (Å²) in [6.07, 6.45) is 3.78. The molecule has 1 amide bonds. The average Bonchev–Trinajstić information content (AvgIpc) is 3.16. The van der Waals surface area contributed by atoms with Crippen molar-refractivity contribution in [2.24, 2.45) is 0 Å². The lowest BCUT2D eigenvalue weighted by Gasteiger charge is -2.08. The van der Waals surface area contributed by atoms with Gasteiger partial charge in [-0.1, -0.05) is 13.8 Å². The van der Waals surface area contributed by atoms with Gasteiger partial charge < -0.3 is 14.6 Å². The van der Waals surface area contributed by atoms with Gasteiger partial charge in [-0.25, -0.2) is 4.98 Å². The lowest BCUT2D eigenvalue weighted by atomic mass is 10.2. The number of carbonyl (C=O) groups is 2. The number of rotatable bonds is 7. The van der Waals surface area contributed by atoms with Crippen molar-refractivity contribution in [2.75, 3.05) is 13.7 Å². The topological polar surface area (TPSA) is 102 Å². The van der Waals surface area contributed by atoms with Gasteiger partial charge in [-0.2, -0.15) is 5.10 Å². The fourth-order valence-corrected chi connectivity index (χ4v) is 2.17. The number of ether oxygens (including phenoxy) is 1. The van der Waals surface area contributed by atoms with Crippen molar-refractivity contribution in [2.45, 2.75) is 32.7 Å². The summed E-state index contributed by atoms with van der Waals surface area (Å²) in [7, 11) is 1.31. The third kappa shape index (κ3) is 4.41. The van der Waals surface area contributed by atoms with Gasteiger partial charge in [0.1, 0.15) is 11.5 Å². The number of aromatic nitrogens is 4. The lowest BCUT2D eigenvalue weighted by Crippen LogP contribution is -2.26. The highest BCUT2D eigenvalue weighted by atomic mass is 16.5. The van der Waals surface area contributed by atoms with Gasteiger partial charge in [-0.3, -0.25) is 14.7 Å². The number of carbonyl (C=O) groups excluding carboxylic acids is 2. The molecule has 0 unspecified atom stereocenters. The first-order chi connectivity index (χ1) is 11.0. The minimum absolute atomic E-state index is 0.131. The van der Waals surface area contributed by atoms with E-state index < -0.39 is 0 Å². The minimum Gasteiger partial charge on any atom is -0.469 e. The van der Waals surface area contributed by atoms with Gasteiger partial charge in [0.2, 0.25) is 0 Å². The molecule has 0 aliphatic carbocycles. The fraction of sp³-hybridized carbons (Fsp3) is 0.467.